The van der Waals surface area contributed by atoms with Crippen molar-refractivity contribution in [2.45, 2.75) is 44.8 Å². The minimum Gasteiger partial charge on any atom is -0.481 e. The van der Waals surface area contributed by atoms with Crippen LogP contribution in [0.25, 0.3) is 0 Å². The molecule has 7 heteroatoms. The van der Waals surface area contributed by atoms with Crippen LogP contribution in [0.1, 0.15) is 33.6 Å². The Morgan fingerprint density at radius 1 is 1.17 bits per heavy atom. The Labute approximate surface area is 105 Å². The van der Waals surface area contributed by atoms with Crippen LogP contribution in [0.4, 0.5) is 0 Å². The first kappa shape index (κ1) is 16.4. The minimum absolute atomic E-state index is 0.385. The van der Waals surface area contributed by atoms with Crippen molar-refractivity contribution in [3.63, 3.8) is 0 Å². The number of esters is 2. The molecule has 1 atom stereocenters. The van der Waals surface area contributed by atoms with Crippen molar-refractivity contribution in [1.82, 2.24) is 0 Å². The van der Waals surface area contributed by atoms with Gasteiger partial charge in [0.15, 0.2) is 0 Å². The summed E-state index contributed by atoms with van der Waals surface area (Å²) in [6, 6.07) is 0. The van der Waals surface area contributed by atoms with Gasteiger partial charge in [0.05, 0.1) is 7.11 Å². The number of nitrogens with two attached hydrogens (primary N) is 1. The Kier molecular flexibility index (Phi) is 5.29. The van der Waals surface area contributed by atoms with Gasteiger partial charge in [-0.05, 0) is 27.2 Å². The lowest BCUT2D eigenvalue weighted by atomic mass is 9.94. The van der Waals surface area contributed by atoms with E-state index in [1.807, 2.05) is 0 Å². The van der Waals surface area contributed by atoms with Crippen LogP contribution in [-0.4, -0.2) is 41.3 Å². The molecule has 7 nitrogen and oxygen atoms in total. The summed E-state index contributed by atoms with van der Waals surface area (Å²) in [6.07, 6.45) is -0.825. The third-order valence-corrected chi connectivity index (χ3v) is 2.05. The number of carbonyl (C=O) groups excluding carboxylic acids is 2. The maximum atomic E-state index is 11.9. The van der Waals surface area contributed by atoms with E-state index in [-0.39, 0.29) is 6.42 Å². The van der Waals surface area contributed by atoms with Gasteiger partial charge in [-0.1, -0.05) is 0 Å². The molecule has 3 N–H and O–H groups in total. The standard InChI is InChI=1S/C11H19NO6/c1-10(2,3)18-9(16)11(12,8(15)17-4)6-5-7(13)14/h5-6,12H2,1-4H3,(H,13,14). The highest BCUT2D eigenvalue weighted by Crippen LogP contribution is 2.18. The molecule has 0 radical (unpaired) electrons. The van der Waals surface area contributed by atoms with Gasteiger partial charge in [-0.3, -0.25) is 4.79 Å². The molecule has 1 unspecified atom stereocenters. The van der Waals surface area contributed by atoms with E-state index in [0.717, 1.165) is 7.11 Å². The minimum atomic E-state index is -2.10. The first-order valence-corrected chi connectivity index (χ1v) is 5.35. The van der Waals surface area contributed by atoms with Crippen molar-refractivity contribution in [2.75, 3.05) is 7.11 Å². The highest BCUT2D eigenvalue weighted by Gasteiger charge is 2.46. The first-order valence-electron chi connectivity index (χ1n) is 5.35. The summed E-state index contributed by atoms with van der Waals surface area (Å²) >= 11 is 0. The third-order valence-electron chi connectivity index (χ3n) is 2.05. The Morgan fingerprint density at radius 2 is 1.67 bits per heavy atom. The van der Waals surface area contributed by atoms with Gasteiger partial charge in [-0.2, -0.15) is 0 Å². The van der Waals surface area contributed by atoms with Gasteiger partial charge in [0, 0.05) is 6.42 Å². The van der Waals surface area contributed by atoms with Crippen LogP contribution in [-0.2, 0) is 23.9 Å². The van der Waals surface area contributed by atoms with Crippen molar-refractivity contribution in [1.29, 1.82) is 0 Å². The zero-order valence-electron chi connectivity index (χ0n) is 11.0. The van der Waals surface area contributed by atoms with Crippen LogP contribution in [0.5, 0.6) is 0 Å². The van der Waals surface area contributed by atoms with Gasteiger partial charge in [-0.25, -0.2) is 9.59 Å². The predicted molar refractivity (Wildman–Crippen MR) is 61.6 cm³/mol. The van der Waals surface area contributed by atoms with E-state index < -0.39 is 35.5 Å². The molecule has 0 aliphatic carbocycles. The van der Waals surface area contributed by atoms with Gasteiger partial charge < -0.3 is 20.3 Å². The lowest BCUT2D eigenvalue weighted by Crippen LogP contribution is -2.57. The van der Waals surface area contributed by atoms with E-state index in [4.69, 9.17) is 15.6 Å². The molecule has 0 amide bonds. The van der Waals surface area contributed by atoms with Gasteiger partial charge in [-0.15, -0.1) is 0 Å². The Balaban J connectivity index is 5.03. The second kappa shape index (κ2) is 5.81. The van der Waals surface area contributed by atoms with Crippen LogP contribution < -0.4 is 5.73 Å². The fourth-order valence-electron chi connectivity index (χ4n) is 1.14. The SMILES string of the molecule is COC(=O)C(N)(CCC(=O)O)C(=O)OC(C)(C)C. The van der Waals surface area contributed by atoms with Gasteiger partial charge in [0.2, 0.25) is 5.54 Å². The summed E-state index contributed by atoms with van der Waals surface area (Å²) < 4.78 is 9.43. The Bertz CT molecular complexity index is 346. The van der Waals surface area contributed by atoms with Gasteiger partial charge in [0.25, 0.3) is 0 Å². The van der Waals surface area contributed by atoms with Crippen LogP contribution in [0.2, 0.25) is 0 Å². The first-order chi connectivity index (χ1) is 8.03. The zero-order chi connectivity index (χ0) is 14.6. The smallest absolute Gasteiger partial charge is 0.338 e. The molecule has 0 saturated carbocycles. The fourth-order valence-corrected chi connectivity index (χ4v) is 1.14. The molecule has 0 spiro atoms. The van der Waals surface area contributed by atoms with Crippen LogP contribution in [0.3, 0.4) is 0 Å². The number of methoxy groups -OCH3 is 1. The Hall–Kier alpha value is -1.63. The van der Waals surface area contributed by atoms with Crippen LogP contribution in [0.15, 0.2) is 0 Å². The highest BCUT2D eigenvalue weighted by atomic mass is 16.6. The number of carbonyl (C=O) groups is 3. The maximum Gasteiger partial charge on any atom is 0.338 e. The molecule has 0 aliphatic rings. The zero-order valence-corrected chi connectivity index (χ0v) is 11.0. The van der Waals surface area contributed by atoms with E-state index >= 15 is 0 Å². The number of aliphatic carboxylic acids is 1. The molecule has 0 rings (SSSR count). The molecule has 0 saturated heterocycles. The second-order valence-corrected chi connectivity index (χ2v) is 4.86. The van der Waals surface area contributed by atoms with E-state index in [9.17, 15) is 14.4 Å². The predicted octanol–water partition coefficient (Wildman–Crippen LogP) is 0.0634. The largest absolute Gasteiger partial charge is 0.481 e. The number of carboxylic acid groups (broad SMARTS) is 1. The molecular weight excluding hydrogens is 242 g/mol. The molecule has 0 aromatic rings. The number of rotatable bonds is 5. The summed E-state index contributed by atoms with van der Waals surface area (Å²) in [5.74, 6) is -3.18. The van der Waals surface area contributed by atoms with E-state index in [0.29, 0.717) is 0 Å². The number of hydrogen-bond acceptors (Lipinski definition) is 6. The van der Waals surface area contributed by atoms with Crippen molar-refractivity contribution in [2.24, 2.45) is 5.73 Å². The molecule has 18 heavy (non-hydrogen) atoms. The third kappa shape index (κ3) is 4.70. The molecule has 0 aliphatic heterocycles. The molecule has 0 heterocycles. The maximum absolute atomic E-state index is 11.9. The van der Waals surface area contributed by atoms with E-state index in [1.165, 1.54) is 0 Å². The molecular formula is C11H19NO6. The fraction of sp³-hybridized carbons (Fsp3) is 0.727. The van der Waals surface area contributed by atoms with Crippen molar-refractivity contribution < 1.29 is 29.0 Å². The number of hydrogen-bond donors (Lipinski definition) is 2. The van der Waals surface area contributed by atoms with Crippen molar-refractivity contribution in [3.8, 4) is 0 Å². The normalized spacial score (nSPS) is 14.5. The van der Waals surface area contributed by atoms with Crippen LogP contribution in [0, 0.1) is 0 Å². The van der Waals surface area contributed by atoms with Gasteiger partial charge >= 0.3 is 17.9 Å². The highest BCUT2D eigenvalue weighted by molar-refractivity contribution is 6.05. The molecule has 0 aromatic carbocycles. The lowest BCUT2D eigenvalue weighted by Gasteiger charge is -2.28. The number of ether oxygens (including phenoxy) is 2. The number of carboxylic acids is 1. The monoisotopic (exact) mass is 261 g/mol. The van der Waals surface area contributed by atoms with Crippen molar-refractivity contribution >= 4 is 17.9 Å². The average Bonchev–Trinajstić information content (AvgIpc) is 2.22. The summed E-state index contributed by atoms with van der Waals surface area (Å²) in [7, 11) is 1.06. The topological polar surface area (TPSA) is 116 Å². The molecule has 0 bridgehead atoms. The molecule has 0 aromatic heterocycles. The summed E-state index contributed by atoms with van der Waals surface area (Å²) in [6.45, 7) is 4.83. The van der Waals surface area contributed by atoms with Gasteiger partial charge in [0.1, 0.15) is 5.60 Å². The average molecular weight is 261 g/mol. The summed E-state index contributed by atoms with van der Waals surface area (Å²) in [5, 5.41) is 8.59. The quantitative estimate of drug-likeness (QED) is 0.531. The summed E-state index contributed by atoms with van der Waals surface area (Å²) in [4.78, 5) is 33.9. The molecule has 0 fully saturated rings. The van der Waals surface area contributed by atoms with E-state index in [2.05, 4.69) is 4.74 Å². The summed E-state index contributed by atoms with van der Waals surface area (Å²) in [5.41, 5.74) is 2.71. The second-order valence-electron chi connectivity index (χ2n) is 4.86. The van der Waals surface area contributed by atoms with Crippen molar-refractivity contribution in [3.05, 3.63) is 0 Å². The Morgan fingerprint density at radius 3 is 2.00 bits per heavy atom. The molecule has 104 valence electrons. The lowest BCUT2D eigenvalue weighted by molar-refractivity contribution is -0.171. The van der Waals surface area contributed by atoms with E-state index in [1.54, 1.807) is 20.8 Å². The van der Waals surface area contributed by atoms with Crippen LogP contribution >= 0.6 is 0 Å².